The number of rotatable bonds is 3. The molecule has 2 unspecified atom stereocenters. The lowest BCUT2D eigenvalue weighted by molar-refractivity contribution is 0.0932. The standard InChI is InChI=1S/C13H14BrClFNO3S/c1-7-2-3-9(4-7)17-13(18)10-5-8(14)6-11(12(10)16)21(15,19)20/h5-7,9H,2-4H2,1H3,(H,17,18). The molecule has 4 nitrogen and oxygen atoms in total. The van der Waals surface area contributed by atoms with E-state index in [-0.39, 0.29) is 16.1 Å². The van der Waals surface area contributed by atoms with Gasteiger partial charge in [0, 0.05) is 21.2 Å². The summed E-state index contributed by atoms with van der Waals surface area (Å²) in [6.07, 6.45) is 2.68. The van der Waals surface area contributed by atoms with E-state index in [1.54, 1.807) is 0 Å². The predicted molar refractivity (Wildman–Crippen MR) is 81.4 cm³/mol. The Morgan fingerprint density at radius 3 is 2.62 bits per heavy atom. The Labute approximate surface area is 135 Å². The van der Waals surface area contributed by atoms with E-state index in [4.69, 9.17) is 10.7 Å². The third-order valence-corrected chi connectivity index (χ3v) is 5.32. The number of hydrogen-bond acceptors (Lipinski definition) is 3. The lowest BCUT2D eigenvalue weighted by Gasteiger charge is -2.14. The van der Waals surface area contributed by atoms with Crippen molar-refractivity contribution in [3.05, 3.63) is 28.0 Å². The van der Waals surface area contributed by atoms with Crippen LogP contribution in [0.4, 0.5) is 4.39 Å². The number of amides is 1. The molecule has 1 aromatic rings. The third-order valence-electron chi connectivity index (χ3n) is 3.54. The molecule has 0 heterocycles. The van der Waals surface area contributed by atoms with E-state index in [0.29, 0.717) is 5.92 Å². The van der Waals surface area contributed by atoms with Gasteiger partial charge in [-0.25, -0.2) is 12.8 Å². The molecule has 1 aromatic carbocycles. The van der Waals surface area contributed by atoms with E-state index in [1.807, 2.05) is 0 Å². The highest BCUT2D eigenvalue weighted by Gasteiger charge is 2.27. The van der Waals surface area contributed by atoms with Gasteiger partial charge in [0.05, 0.1) is 5.56 Å². The average Bonchev–Trinajstić information content (AvgIpc) is 2.75. The van der Waals surface area contributed by atoms with E-state index in [9.17, 15) is 17.6 Å². The lowest BCUT2D eigenvalue weighted by Crippen LogP contribution is -2.33. The van der Waals surface area contributed by atoms with Gasteiger partial charge >= 0.3 is 0 Å². The third kappa shape index (κ3) is 3.96. The number of hydrogen-bond donors (Lipinski definition) is 1. The molecule has 2 rings (SSSR count). The molecule has 0 bridgehead atoms. The predicted octanol–water partition coefficient (Wildman–Crippen LogP) is 3.43. The zero-order valence-electron chi connectivity index (χ0n) is 11.2. The highest BCUT2D eigenvalue weighted by Crippen LogP contribution is 2.28. The fraction of sp³-hybridized carbons (Fsp3) is 0.462. The summed E-state index contributed by atoms with van der Waals surface area (Å²) in [6.45, 7) is 2.09. The molecule has 1 aliphatic carbocycles. The van der Waals surface area contributed by atoms with Gasteiger partial charge < -0.3 is 5.32 Å². The van der Waals surface area contributed by atoms with E-state index < -0.39 is 25.7 Å². The Hall–Kier alpha value is -0.660. The summed E-state index contributed by atoms with van der Waals surface area (Å²) in [6, 6.07) is 2.27. The minimum atomic E-state index is -4.26. The summed E-state index contributed by atoms with van der Waals surface area (Å²) in [5, 5.41) is 2.73. The first-order chi connectivity index (χ1) is 9.68. The Morgan fingerprint density at radius 1 is 1.43 bits per heavy atom. The van der Waals surface area contributed by atoms with Crippen molar-refractivity contribution in [1.29, 1.82) is 0 Å². The summed E-state index contributed by atoms with van der Waals surface area (Å²) in [5.74, 6) is -1.24. The van der Waals surface area contributed by atoms with Crippen LogP contribution in [0, 0.1) is 11.7 Å². The molecule has 2 atom stereocenters. The van der Waals surface area contributed by atoms with Crippen LogP contribution < -0.4 is 5.32 Å². The molecule has 116 valence electrons. The molecule has 1 aliphatic rings. The summed E-state index contributed by atoms with van der Waals surface area (Å²) in [7, 11) is 0.921. The fourth-order valence-corrected chi connectivity index (χ4v) is 4.05. The number of nitrogens with one attached hydrogen (secondary N) is 1. The van der Waals surface area contributed by atoms with Gasteiger partial charge in [-0.15, -0.1) is 0 Å². The summed E-state index contributed by atoms with van der Waals surface area (Å²) >= 11 is 3.06. The quantitative estimate of drug-likeness (QED) is 0.793. The van der Waals surface area contributed by atoms with E-state index in [2.05, 4.69) is 28.2 Å². The molecule has 0 saturated heterocycles. The smallest absolute Gasteiger partial charge is 0.264 e. The van der Waals surface area contributed by atoms with Crippen molar-refractivity contribution in [3.63, 3.8) is 0 Å². The van der Waals surface area contributed by atoms with Crippen molar-refractivity contribution in [2.75, 3.05) is 0 Å². The maximum atomic E-state index is 14.2. The first-order valence-electron chi connectivity index (χ1n) is 6.43. The molecule has 0 aliphatic heterocycles. The van der Waals surface area contributed by atoms with Crippen LogP contribution in [0.3, 0.4) is 0 Å². The Morgan fingerprint density at radius 2 is 2.10 bits per heavy atom. The number of carbonyl (C=O) groups is 1. The fourth-order valence-electron chi connectivity index (χ4n) is 2.51. The maximum absolute atomic E-state index is 14.2. The van der Waals surface area contributed by atoms with Crippen molar-refractivity contribution in [3.8, 4) is 0 Å². The second-order valence-corrected chi connectivity index (χ2v) is 8.74. The molecule has 1 N–H and O–H groups in total. The van der Waals surface area contributed by atoms with Crippen LogP contribution in [0.25, 0.3) is 0 Å². The molecule has 21 heavy (non-hydrogen) atoms. The highest BCUT2D eigenvalue weighted by atomic mass is 79.9. The van der Waals surface area contributed by atoms with Gasteiger partial charge in [0.1, 0.15) is 4.90 Å². The van der Waals surface area contributed by atoms with Gasteiger partial charge in [0.25, 0.3) is 15.0 Å². The number of carbonyl (C=O) groups excluding carboxylic acids is 1. The molecular formula is C13H14BrClFNO3S. The van der Waals surface area contributed by atoms with E-state index in [0.717, 1.165) is 25.3 Å². The van der Waals surface area contributed by atoms with Crippen LogP contribution in [-0.4, -0.2) is 20.4 Å². The van der Waals surface area contributed by atoms with E-state index in [1.165, 1.54) is 6.07 Å². The van der Waals surface area contributed by atoms with Crippen molar-refractivity contribution in [1.82, 2.24) is 5.32 Å². The zero-order valence-corrected chi connectivity index (χ0v) is 14.4. The van der Waals surface area contributed by atoms with Gasteiger partial charge in [-0.2, -0.15) is 0 Å². The average molecular weight is 399 g/mol. The lowest BCUT2D eigenvalue weighted by atomic mass is 10.1. The summed E-state index contributed by atoms with van der Waals surface area (Å²) in [5.41, 5.74) is -0.330. The van der Waals surface area contributed by atoms with Crippen molar-refractivity contribution in [2.24, 2.45) is 5.92 Å². The molecule has 0 radical (unpaired) electrons. The highest BCUT2D eigenvalue weighted by molar-refractivity contribution is 9.10. The molecule has 1 fully saturated rings. The molecule has 1 amide bonds. The SMILES string of the molecule is CC1CCC(NC(=O)c2cc(Br)cc(S(=O)(=O)Cl)c2F)C1. The van der Waals surface area contributed by atoms with Gasteiger partial charge in [-0.05, 0) is 37.3 Å². The van der Waals surface area contributed by atoms with Crippen LogP contribution in [0.15, 0.2) is 21.5 Å². The van der Waals surface area contributed by atoms with Gasteiger partial charge in [-0.1, -0.05) is 22.9 Å². The largest absolute Gasteiger partial charge is 0.349 e. The Balaban J connectivity index is 2.31. The number of halogens is 3. The van der Waals surface area contributed by atoms with Gasteiger partial charge in [0.2, 0.25) is 0 Å². The minimum Gasteiger partial charge on any atom is -0.349 e. The monoisotopic (exact) mass is 397 g/mol. The van der Waals surface area contributed by atoms with Crippen molar-refractivity contribution < 1.29 is 17.6 Å². The van der Waals surface area contributed by atoms with Gasteiger partial charge in [0.15, 0.2) is 5.82 Å². The van der Waals surface area contributed by atoms with Crippen LogP contribution in [-0.2, 0) is 9.05 Å². The molecule has 8 heteroatoms. The second-order valence-electron chi connectivity index (χ2n) is 5.29. The van der Waals surface area contributed by atoms with Crippen LogP contribution in [0.2, 0.25) is 0 Å². The Kier molecular flexibility index (Phi) is 4.95. The normalized spacial score (nSPS) is 22.3. The molecule has 1 saturated carbocycles. The number of benzene rings is 1. The van der Waals surface area contributed by atoms with Crippen molar-refractivity contribution >= 4 is 41.6 Å². The maximum Gasteiger partial charge on any atom is 0.264 e. The topological polar surface area (TPSA) is 63.2 Å². The van der Waals surface area contributed by atoms with E-state index >= 15 is 0 Å². The second kappa shape index (κ2) is 6.22. The molecular weight excluding hydrogens is 385 g/mol. The van der Waals surface area contributed by atoms with Crippen molar-refractivity contribution in [2.45, 2.75) is 37.1 Å². The summed E-state index contributed by atoms with van der Waals surface area (Å²) in [4.78, 5) is 11.4. The molecule has 0 aromatic heterocycles. The first kappa shape index (κ1) is 16.7. The molecule has 0 spiro atoms. The summed E-state index contributed by atoms with van der Waals surface area (Å²) < 4.78 is 37.2. The van der Waals surface area contributed by atoms with Crippen LogP contribution >= 0.6 is 26.6 Å². The zero-order chi connectivity index (χ0) is 15.8. The van der Waals surface area contributed by atoms with Crippen LogP contribution in [0.1, 0.15) is 36.5 Å². The van der Waals surface area contributed by atoms with Gasteiger partial charge in [-0.3, -0.25) is 4.79 Å². The Bertz CT molecular complexity index is 680. The minimum absolute atomic E-state index is 0.0121. The van der Waals surface area contributed by atoms with Crippen LogP contribution in [0.5, 0.6) is 0 Å². The first-order valence-corrected chi connectivity index (χ1v) is 9.53.